The van der Waals surface area contributed by atoms with Crippen molar-refractivity contribution in [1.82, 2.24) is 0 Å². The van der Waals surface area contributed by atoms with E-state index in [2.05, 4.69) is 111 Å². The van der Waals surface area contributed by atoms with Crippen molar-refractivity contribution in [2.45, 2.75) is 13.8 Å². The van der Waals surface area contributed by atoms with Gasteiger partial charge in [-0.25, -0.2) is 0 Å². The second-order valence-corrected chi connectivity index (χ2v) is 8.26. The Hall–Kier alpha value is -1.82. The molecule has 0 fully saturated rings. The van der Waals surface area contributed by atoms with Crippen LogP contribution in [-0.2, 0) is 25.8 Å². The van der Waals surface area contributed by atoms with E-state index >= 15 is 0 Å². The first-order chi connectivity index (χ1) is 13.2. The summed E-state index contributed by atoms with van der Waals surface area (Å²) in [5.74, 6) is 0. The Morgan fingerprint density at radius 2 is 1.43 bits per heavy atom. The first kappa shape index (κ1) is 20.9. The molecular formula is C26H23HfP+2. The van der Waals surface area contributed by atoms with E-state index in [1.54, 1.807) is 0 Å². The molecule has 0 radical (unpaired) electrons. The van der Waals surface area contributed by atoms with Crippen LogP contribution in [0.1, 0.15) is 11.1 Å². The topological polar surface area (TPSA) is 0 Å². The second kappa shape index (κ2) is 9.59. The molecule has 0 saturated heterocycles. The Morgan fingerprint density at radius 1 is 0.750 bits per heavy atom. The smallest absolute Gasteiger partial charge is 0.168 e. The molecule has 0 aliphatic carbocycles. The van der Waals surface area contributed by atoms with E-state index in [9.17, 15) is 0 Å². The molecule has 0 bridgehead atoms. The van der Waals surface area contributed by atoms with Gasteiger partial charge in [0.1, 0.15) is 0 Å². The van der Waals surface area contributed by atoms with Crippen molar-refractivity contribution < 1.29 is 25.8 Å². The van der Waals surface area contributed by atoms with Crippen molar-refractivity contribution in [1.29, 1.82) is 0 Å². The SMILES string of the molecule is Cc1cc2ccccc2[cH-]1.Cc1ccccc1P[c-]1ccc2ccccc21.[Hf+4]. The van der Waals surface area contributed by atoms with Crippen molar-refractivity contribution in [3.8, 4) is 0 Å². The van der Waals surface area contributed by atoms with Gasteiger partial charge in [0.2, 0.25) is 0 Å². The first-order valence-corrected chi connectivity index (χ1v) is 10.3. The fourth-order valence-corrected chi connectivity index (χ4v) is 4.70. The molecule has 0 aliphatic heterocycles. The number of aryl methyl sites for hydroxylation is 2. The van der Waals surface area contributed by atoms with E-state index in [-0.39, 0.29) is 25.8 Å². The maximum absolute atomic E-state index is 2.26. The fraction of sp³-hybridized carbons (Fsp3) is 0.0769. The molecule has 5 aromatic rings. The molecule has 0 heterocycles. The van der Waals surface area contributed by atoms with E-state index in [1.807, 2.05) is 0 Å². The van der Waals surface area contributed by atoms with Gasteiger partial charge in [0.15, 0.2) is 0 Å². The largest absolute Gasteiger partial charge is 4.00 e. The van der Waals surface area contributed by atoms with Gasteiger partial charge < -0.3 is 0 Å². The fourth-order valence-electron chi connectivity index (χ4n) is 3.42. The summed E-state index contributed by atoms with van der Waals surface area (Å²) in [5.41, 5.74) is 2.73. The maximum Gasteiger partial charge on any atom is 4.00 e. The Kier molecular flexibility index (Phi) is 7.16. The molecule has 28 heavy (non-hydrogen) atoms. The van der Waals surface area contributed by atoms with Crippen molar-refractivity contribution in [3.05, 3.63) is 108 Å². The zero-order chi connectivity index (χ0) is 18.6. The van der Waals surface area contributed by atoms with Crippen molar-refractivity contribution in [2.24, 2.45) is 0 Å². The Balaban J connectivity index is 0.000000175. The van der Waals surface area contributed by atoms with Gasteiger partial charge in [0.25, 0.3) is 0 Å². The van der Waals surface area contributed by atoms with Crippen LogP contribution in [0.4, 0.5) is 0 Å². The van der Waals surface area contributed by atoms with Gasteiger partial charge in [-0.1, -0.05) is 43.3 Å². The molecule has 0 amide bonds. The molecule has 1 unspecified atom stereocenters. The third kappa shape index (κ3) is 4.77. The van der Waals surface area contributed by atoms with E-state index in [0.29, 0.717) is 0 Å². The van der Waals surface area contributed by atoms with Crippen LogP contribution >= 0.6 is 8.58 Å². The molecular weight excluding hydrogens is 522 g/mol. The van der Waals surface area contributed by atoms with Gasteiger partial charge in [-0.3, -0.25) is 0 Å². The molecule has 134 valence electrons. The minimum atomic E-state index is 0. The monoisotopic (exact) mass is 546 g/mol. The van der Waals surface area contributed by atoms with Gasteiger partial charge in [-0.15, -0.1) is 89.5 Å². The summed E-state index contributed by atoms with van der Waals surface area (Å²) in [7, 11) is 0.754. The Labute approximate surface area is 187 Å². The third-order valence-corrected chi connectivity index (χ3v) is 6.39. The van der Waals surface area contributed by atoms with Crippen LogP contribution in [0.15, 0.2) is 97.1 Å². The zero-order valence-corrected chi connectivity index (χ0v) is 20.8. The average Bonchev–Trinajstić information content (AvgIpc) is 3.27. The van der Waals surface area contributed by atoms with Crippen LogP contribution in [0.2, 0.25) is 0 Å². The zero-order valence-electron chi connectivity index (χ0n) is 16.2. The molecule has 0 spiro atoms. The Bertz CT molecular complexity index is 1150. The molecule has 0 nitrogen and oxygen atoms in total. The number of hydrogen-bond acceptors (Lipinski definition) is 0. The number of fused-ring (bicyclic) bond motifs is 2. The van der Waals surface area contributed by atoms with E-state index in [4.69, 9.17) is 0 Å². The molecule has 1 atom stereocenters. The third-order valence-electron chi connectivity index (χ3n) is 4.86. The van der Waals surface area contributed by atoms with Crippen molar-refractivity contribution >= 4 is 40.7 Å². The summed E-state index contributed by atoms with van der Waals surface area (Å²) in [6.45, 7) is 4.31. The van der Waals surface area contributed by atoms with Gasteiger partial charge in [0, 0.05) is 0 Å². The standard InChI is InChI=1S/C16H14P.C10H9.Hf/c1-12-6-2-5-9-15(12)17-16-11-10-13-7-3-4-8-14(13)16;1-8-6-9-4-2-3-5-10(9)7-8;/h2-11,17H,1H3;2-7H,1H3;/q2*-1;+4. The quantitative estimate of drug-likeness (QED) is 0.138. The van der Waals surface area contributed by atoms with E-state index < -0.39 is 0 Å². The van der Waals surface area contributed by atoms with Crippen molar-refractivity contribution in [2.75, 3.05) is 0 Å². The average molecular weight is 545 g/mol. The molecule has 0 aromatic heterocycles. The van der Waals surface area contributed by atoms with Gasteiger partial charge in [0.05, 0.1) is 0 Å². The predicted molar refractivity (Wildman–Crippen MR) is 123 cm³/mol. The van der Waals surface area contributed by atoms with Crippen molar-refractivity contribution in [3.63, 3.8) is 0 Å². The summed E-state index contributed by atoms with van der Waals surface area (Å²) in [5, 5.41) is 8.34. The minimum Gasteiger partial charge on any atom is -0.168 e. The number of hydrogen-bond donors (Lipinski definition) is 0. The van der Waals surface area contributed by atoms with Gasteiger partial charge >= 0.3 is 25.8 Å². The second-order valence-electron chi connectivity index (χ2n) is 6.94. The molecule has 5 aromatic carbocycles. The van der Waals surface area contributed by atoms with E-state index in [1.165, 1.54) is 43.3 Å². The predicted octanol–water partition coefficient (Wildman–Crippen LogP) is 6.36. The summed E-state index contributed by atoms with van der Waals surface area (Å²) >= 11 is 0. The number of benzene rings is 3. The van der Waals surface area contributed by atoms with Crippen LogP contribution in [-0.4, -0.2) is 0 Å². The summed E-state index contributed by atoms with van der Waals surface area (Å²) in [6, 6.07) is 34.6. The van der Waals surface area contributed by atoms with Crippen LogP contribution in [0.3, 0.4) is 0 Å². The molecule has 5 rings (SSSR count). The Morgan fingerprint density at radius 3 is 2.21 bits per heavy atom. The molecule has 0 aliphatic rings. The van der Waals surface area contributed by atoms with Gasteiger partial charge in [-0.05, 0) is 17.8 Å². The summed E-state index contributed by atoms with van der Waals surface area (Å²) < 4.78 is 0. The van der Waals surface area contributed by atoms with Crippen LogP contribution in [0.25, 0.3) is 21.5 Å². The van der Waals surface area contributed by atoms with Crippen LogP contribution < -0.4 is 10.6 Å². The van der Waals surface area contributed by atoms with Crippen LogP contribution in [0, 0.1) is 13.8 Å². The normalized spacial score (nSPS) is 10.8. The van der Waals surface area contributed by atoms with E-state index in [0.717, 1.165) is 8.58 Å². The summed E-state index contributed by atoms with van der Waals surface area (Å²) in [6.07, 6.45) is 0. The number of rotatable bonds is 2. The van der Waals surface area contributed by atoms with Crippen LogP contribution in [0.5, 0.6) is 0 Å². The van der Waals surface area contributed by atoms with Gasteiger partial charge in [-0.2, -0.15) is 12.1 Å². The first-order valence-electron chi connectivity index (χ1n) is 9.30. The molecule has 2 heteroatoms. The summed E-state index contributed by atoms with van der Waals surface area (Å²) in [4.78, 5) is 0. The molecule has 0 N–H and O–H groups in total. The minimum absolute atomic E-state index is 0. The molecule has 0 saturated carbocycles. The maximum atomic E-state index is 2.26.